The number of aliphatic carboxylic acids is 1. The lowest BCUT2D eigenvalue weighted by molar-refractivity contribution is -0.131. The molecule has 0 atom stereocenters. The quantitative estimate of drug-likeness (QED) is 0.822. The summed E-state index contributed by atoms with van der Waals surface area (Å²) in [6.07, 6.45) is 5.21. The number of ether oxygens (including phenoxy) is 1. The molecule has 0 radical (unpaired) electrons. The molecule has 1 saturated heterocycles. The Hall–Kier alpha value is -1.33. The van der Waals surface area contributed by atoms with Crippen molar-refractivity contribution >= 4 is 33.7 Å². The van der Waals surface area contributed by atoms with Gasteiger partial charge in [-0.1, -0.05) is 6.07 Å². The molecule has 0 bridgehead atoms. The molecule has 4 nitrogen and oxygen atoms in total. The summed E-state index contributed by atoms with van der Waals surface area (Å²) in [5.41, 5.74) is 2.02. The fourth-order valence-electron chi connectivity index (χ4n) is 2.55. The number of carboxylic acids is 1. The summed E-state index contributed by atoms with van der Waals surface area (Å²) in [4.78, 5) is 12.9. The van der Waals surface area contributed by atoms with E-state index in [1.807, 2.05) is 25.1 Å². The molecule has 1 heterocycles. The van der Waals surface area contributed by atoms with Gasteiger partial charge in [0.25, 0.3) is 0 Å². The molecular formula is C16H20BrNO3. The summed E-state index contributed by atoms with van der Waals surface area (Å²) in [6.45, 7) is 4.77. The average molecular weight is 354 g/mol. The second-order valence-corrected chi connectivity index (χ2v) is 5.88. The number of hydrogen-bond acceptors (Lipinski definition) is 3. The van der Waals surface area contributed by atoms with Crippen LogP contribution in [0.25, 0.3) is 6.08 Å². The van der Waals surface area contributed by atoms with E-state index in [2.05, 4.69) is 20.8 Å². The average Bonchev–Trinajstić information content (AvgIpc) is 2.47. The lowest BCUT2D eigenvalue weighted by Crippen LogP contribution is -2.37. The van der Waals surface area contributed by atoms with Crippen LogP contribution in [0.1, 0.15) is 25.3 Å². The number of benzene rings is 1. The fraction of sp³-hybridized carbons (Fsp3) is 0.438. The van der Waals surface area contributed by atoms with E-state index in [1.54, 1.807) is 6.08 Å². The number of rotatable bonds is 5. The van der Waals surface area contributed by atoms with Gasteiger partial charge in [-0.3, -0.25) is 0 Å². The zero-order chi connectivity index (χ0) is 15.2. The summed E-state index contributed by atoms with van der Waals surface area (Å²) in [7, 11) is 0. The molecule has 1 N–H and O–H groups in total. The van der Waals surface area contributed by atoms with Gasteiger partial charge in [0.15, 0.2) is 0 Å². The van der Waals surface area contributed by atoms with Gasteiger partial charge < -0.3 is 14.7 Å². The Bertz CT molecular complexity index is 522. The van der Waals surface area contributed by atoms with Crippen molar-refractivity contribution in [1.82, 2.24) is 0 Å². The van der Waals surface area contributed by atoms with Crippen molar-refractivity contribution in [3.63, 3.8) is 0 Å². The smallest absolute Gasteiger partial charge is 0.328 e. The molecule has 1 aliphatic heterocycles. The lowest BCUT2D eigenvalue weighted by atomic mass is 10.1. The molecule has 0 unspecified atom stereocenters. The normalized spacial score (nSPS) is 16.6. The van der Waals surface area contributed by atoms with Gasteiger partial charge in [-0.05, 0) is 59.5 Å². The minimum atomic E-state index is -0.937. The van der Waals surface area contributed by atoms with Crippen LogP contribution in [0.5, 0.6) is 0 Å². The van der Waals surface area contributed by atoms with Crippen molar-refractivity contribution in [1.29, 1.82) is 0 Å². The second kappa shape index (κ2) is 7.61. The van der Waals surface area contributed by atoms with Crippen molar-refractivity contribution in [3.8, 4) is 0 Å². The first kappa shape index (κ1) is 16.0. The number of carboxylic acid groups (broad SMARTS) is 1. The van der Waals surface area contributed by atoms with Gasteiger partial charge in [0.2, 0.25) is 0 Å². The highest BCUT2D eigenvalue weighted by molar-refractivity contribution is 9.10. The molecule has 114 valence electrons. The van der Waals surface area contributed by atoms with Crippen LogP contribution in [0.2, 0.25) is 0 Å². The van der Waals surface area contributed by atoms with Gasteiger partial charge in [0.05, 0.1) is 11.8 Å². The number of anilines is 1. The van der Waals surface area contributed by atoms with E-state index in [4.69, 9.17) is 9.84 Å². The Morgan fingerprint density at radius 1 is 1.48 bits per heavy atom. The Morgan fingerprint density at radius 3 is 2.76 bits per heavy atom. The third-order valence-electron chi connectivity index (χ3n) is 3.58. The topological polar surface area (TPSA) is 49.8 Å². The maximum absolute atomic E-state index is 10.5. The number of hydrogen-bond donors (Lipinski definition) is 1. The van der Waals surface area contributed by atoms with Crippen molar-refractivity contribution in [2.24, 2.45) is 0 Å². The summed E-state index contributed by atoms with van der Waals surface area (Å²) < 4.78 is 6.66. The first-order valence-electron chi connectivity index (χ1n) is 7.17. The SMILES string of the molecule is CCOC1CCN(c2ccc(/C=C/C(=O)O)cc2Br)CC1. The van der Waals surface area contributed by atoms with Crippen LogP contribution in [0.15, 0.2) is 28.7 Å². The molecule has 0 amide bonds. The minimum absolute atomic E-state index is 0.378. The van der Waals surface area contributed by atoms with Crippen molar-refractivity contribution in [3.05, 3.63) is 34.3 Å². The van der Waals surface area contributed by atoms with E-state index >= 15 is 0 Å². The first-order chi connectivity index (χ1) is 10.1. The van der Waals surface area contributed by atoms with Gasteiger partial charge >= 0.3 is 5.97 Å². The first-order valence-corrected chi connectivity index (χ1v) is 7.96. The van der Waals surface area contributed by atoms with Crippen molar-refractivity contribution in [2.45, 2.75) is 25.9 Å². The van der Waals surface area contributed by atoms with Gasteiger partial charge in [0.1, 0.15) is 0 Å². The van der Waals surface area contributed by atoms with Gasteiger partial charge in [-0.25, -0.2) is 4.79 Å². The Morgan fingerprint density at radius 2 is 2.19 bits per heavy atom. The highest BCUT2D eigenvalue weighted by Gasteiger charge is 2.20. The largest absolute Gasteiger partial charge is 0.478 e. The fourth-order valence-corrected chi connectivity index (χ4v) is 3.20. The zero-order valence-electron chi connectivity index (χ0n) is 12.1. The van der Waals surface area contributed by atoms with E-state index in [1.165, 1.54) is 0 Å². The Kier molecular flexibility index (Phi) is 5.82. The van der Waals surface area contributed by atoms with Crippen LogP contribution >= 0.6 is 15.9 Å². The highest BCUT2D eigenvalue weighted by atomic mass is 79.9. The summed E-state index contributed by atoms with van der Waals surface area (Å²) >= 11 is 3.58. The van der Waals surface area contributed by atoms with E-state index in [9.17, 15) is 4.79 Å². The monoisotopic (exact) mass is 353 g/mol. The molecule has 1 aromatic rings. The van der Waals surface area contributed by atoms with Gasteiger partial charge in [0, 0.05) is 30.2 Å². The number of nitrogens with zero attached hydrogens (tertiary/aromatic N) is 1. The predicted molar refractivity (Wildman–Crippen MR) is 87.7 cm³/mol. The molecule has 5 heteroatoms. The maximum Gasteiger partial charge on any atom is 0.328 e. The molecule has 0 aromatic heterocycles. The summed E-state index contributed by atoms with van der Waals surface area (Å²) in [6, 6.07) is 5.92. The van der Waals surface area contributed by atoms with Crippen LogP contribution in [0, 0.1) is 0 Å². The van der Waals surface area contributed by atoms with Crippen LogP contribution in [0.3, 0.4) is 0 Å². The van der Waals surface area contributed by atoms with Crippen LogP contribution in [0.4, 0.5) is 5.69 Å². The molecule has 2 rings (SSSR count). The Balaban J connectivity index is 2.03. The van der Waals surface area contributed by atoms with Crippen molar-refractivity contribution < 1.29 is 14.6 Å². The number of piperidine rings is 1. The summed E-state index contributed by atoms with van der Waals surface area (Å²) in [5.74, 6) is -0.937. The number of carbonyl (C=O) groups is 1. The highest BCUT2D eigenvalue weighted by Crippen LogP contribution is 2.30. The molecule has 0 aliphatic carbocycles. The van der Waals surface area contributed by atoms with E-state index < -0.39 is 5.97 Å². The standard InChI is InChI=1S/C16H20BrNO3/c1-2-21-13-7-9-18(10-8-13)15-5-3-12(11-14(15)17)4-6-16(19)20/h3-6,11,13H,2,7-10H2,1H3,(H,19,20)/b6-4+. The zero-order valence-corrected chi connectivity index (χ0v) is 13.7. The van der Waals surface area contributed by atoms with Crippen LogP contribution in [-0.2, 0) is 9.53 Å². The lowest BCUT2D eigenvalue weighted by Gasteiger charge is -2.34. The van der Waals surface area contributed by atoms with Crippen LogP contribution in [-0.4, -0.2) is 36.9 Å². The van der Waals surface area contributed by atoms with Gasteiger partial charge in [-0.15, -0.1) is 0 Å². The Labute approximate surface area is 133 Å². The molecule has 1 aromatic carbocycles. The number of halogens is 1. The molecule has 21 heavy (non-hydrogen) atoms. The predicted octanol–water partition coefficient (Wildman–Crippen LogP) is 3.55. The third-order valence-corrected chi connectivity index (χ3v) is 4.21. The maximum atomic E-state index is 10.5. The molecular weight excluding hydrogens is 334 g/mol. The second-order valence-electron chi connectivity index (χ2n) is 5.02. The molecule has 0 spiro atoms. The van der Waals surface area contributed by atoms with E-state index in [0.29, 0.717) is 6.10 Å². The van der Waals surface area contributed by atoms with Crippen molar-refractivity contribution in [2.75, 3.05) is 24.6 Å². The third kappa shape index (κ3) is 4.58. The molecule has 1 aliphatic rings. The minimum Gasteiger partial charge on any atom is -0.478 e. The summed E-state index contributed by atoms with van der Waals surface area (Å²) in [5, 5.41) is 8.65. The van der Waals surface area contributed by atoms with Gasteiger partial charge in [-0.2, -0.15) is 0 Å². The van der Waals surface area contributed by atoms with E-state index in [0.717, 1.165) is 54.3 Å². The molecule has 1 fully saturated rings. The van der Waals surface area contributed by atoms with Crippen LogP contribution < -0.4 is 4.90 Å². The van der Waals surface area contributed by atoms with E-state index in [-0.39, 0.29) is 0 Å². The molecule has 0 saturated carbocycles.